The van der Waals surface area contributed by atoms with Crippen molar-refractivity contribution in [1.82, 2.24) is 0 Å². The van der Waals surface area contributed by atoms with Gasteiger partial charge in [-0.3, -0.25) is 14.5 Å². The Labute approximate surface area is 201 Å². The van der Waals surface area contributed by atoms with Gasteiger partial charge in [0, 0.05) is 34.7 Å². The highest BCUT2D eigenvalue weighted by atomic mass is 79.9. The van der Waals surface area contributed by atoms with Crippen LogP contribution in [0.1, 0.15) is 45.4 Å². The van der Waals surface area contributed by atoms with Gasteiger partial charge in [0.15, 0.2) is 5.78 Å². The summed E-state index contributed by atoms with van der Waals surface area (Å²) in [4.78, 5) is 28.3. The molecule has 0 saturated carbocycles. The first-order chi connectivity index (χ1) is 15.7. The highest BCUT2D eigenvalue weighted by Gasteiger charge is 2.43. The molecule has 5 nitrogen and oxygen atoms in total. The number of nitrogens with zero attached hydrogens (tertiary/aromatic N) is 1. The Bertz CT molecular complexity index is 1290. The number of Topliss-reactive ketones (excluding diaryl/α,β-unsaturated/α-hetero) is 1. The molecule has 168 valence electrons. The summed E-state index contributed by atoms with van der Waals surface area (Å²) < 4.78 is 7.31. The molecular formula is C27H25BrN2O3. The SMILES string of the molecule is CC(=O)N1c2ccccc2NC2=C(C(=O)CC(C)(C)C2)C1c1ccc(-c2ccc(Br)cc2)o1. The van der Waals surface area contributed by atoms with Crippen LogP contribution in [0.2, 0.25) is 0 Å². The predicted octanol–water partition coefficient (Wildman–Crippen LogP) is 6.87. The second-order valence-corrected chi connectivity index (χ2v) is 10.4. The lowest BCUT2D eigenvalue weighted by molar-refractivity contribution is -0.118. The molecule has 1 unspecified atom stereocenters. The van der Waals surface area contributed by atoms with Crippen molar-refractivity contribution in [2.24, 2.45) is 5.41 Å². The average molecular weight is 505 g/mol. The van der Waals surface area contributed by atoms with Crippen LogP contribution in [0, 0.1) is 5.41 Å². The smallest absolute Gasteiger partial charge is 0.224 e. The molecule has 1 aliphatic carbocycles. The fourth-order valence-electron chi connectivity index (χ4n) is 4.87. The average Bonchev–Trinajstić information content (AvgIpc) is 3.17. The van der Waals surface area contributed by atoms with Crippen LogP contribution in [-0.4, -0.2) is 11.7 Å². The van der Waals surface area contributed by atoms with E-state index in [2.05, 4.69) is 35.1 Å². The quantitative estimate of drug-likeness (QED) is 0.413. The first kappa shape index (κ1) is 21.7. The minimum Gasteiger partial charge on any atom is -0.459 e. The van der Waals surface area contributed by atoms with Gasteiger partial charge < -0.3 is 9.73 Å². The number of halogens is 1. The predicted molar refractivity (Wildman–Crippen MR) is 133 cm³/mol. The molecule has 1 aromatic heterocycles. The Morgan fingerprint density at radius 2 is 1.79 bits per heavy atom. The van der Waals surface area contributed by atoms with Gasteiger partial charge in [0.05, 0.1) is 11.4 Å². The van der Waals surface area contributed by atoms with Crippen LogP contribution in [0.25, 0.3) is 11.3 Å². The standard InChI is InChI=1S/C27H25BrN2O3/c1-16(31)30-21-7-5-4-6-19(21)29-20-14-27(2,3)15-22(32)25(20)26(30)24-13-12-23(33-24)17-8-10-18(28)11-9-17/h4-13,26,29H,14-15H2,1-3H3. The van der Waals surface area contributed by atoms with Crippen LogP contribution in [0.4, 0.5) is 11.4 Å². The zero-order chi connectivity index (χ0) is 23.3. The first-order valence-electron chi connectivity index (χ1n) is 11.0. The molecule has 2 aliphatic rings. The molecule has 3 aromatic rings. The molecule has 2 heterocycles. The molecule has 5 rings (SSSR count). The van der Waals surface area contributed by atoms with Crippen LogP contribution in [-0.2, 0) is 9.59 Å². The second-order valence-electron chi connectivity index (χ2n) is 9.48. The minimum absolute atomic E-state index is 0.0411. The number of carbonyl (C=O) groups excluding carboxylic acids is 2. The zero-order valence-electron chi connectivity index (χ0n) is 18.8. The first-order valence-corrected chi connectivity index (χ1v) is 11.8. The third kappa shape index (κ3) is 3.93. The Kier molecular flexibility index (Phi) is 5.28. The van der Waals surface area contributed by atoms with Gasteiger partial charge in [-0.25, -0.2) is 0 Å². The number of para-hydroxylation sites is 2. The van der Waals surface area contributed by atoms with Gasteiger partial charge in [0.2, 0.25) is 5.91 Å². The number of allylic oxidation sites excluding steroid dienone is 1. The summed E-state index contributed by atoms with van der Waals surface area (Å²) >= 11 is 3.46. The lowest BCUT2D eigenvalue weighted by atomic mass is 9.74. The topological polar surface area (TPSA) is 62.6 Å². The number of benzene rings is 2. The van der Waals surface area contributed by atoms with Crippen LogP contribution in [0.5, 0.6) is 0 Å². The maximum absolute atomic E-state index is 13.5. The molecule has 6 heteroatoms. The van der Waals surface area contributed by atoms with Crippen molar-refractivity contribution >= 4 is 39.0 Å². The van der Waals surface area contributed by atoms with Crippen molar-refractivity contribution in [3.8, 4) is 11.3 Å². The summed E-state index contributed by atoms with van der Waals surface area (Å²) in [6.07, 6.45) is 1.14. The van der Waals surface area contributed by atoms with E-state index in [1.807, 2.05) is 60.7 Å². The number of anilines is 2. The van der Waals surface area contributed by atoms with Crippen LogP contribution in [0.3, 0.4) is 0 Å². The van der Waals surface area contributed by atoms with Crippen molar-refractivity contribution in [2.75, 3.05) is 10.2 Å². The van der Waals surface area contributed by atoms with Crippen molar-refractivity contribution in [2.45, 2.75) is 39.7 Å². The van der Waals surface area contributed by atoms with Gasteiger partial charge in [-0.15, -0.1) is 0 Å². The number of rotatable bonds is 2. The molecule has 0 spiro atoms. The highest BCUT2D eigenvalue weighted by molar-refractivity contribution is 9.10. The Balaban J connectivity index is 1.71. The van der Waals surface area contributed by atoms with Crippen molar-refractivity contribution in [3.05, 3.63) is 82.2 Å². The van der Waals surface area contributed by atoms with E-state index in [0.717, 1.165) is 27.1 Å². The van der Waals surface area contributed by atoms with Gasteiger partial charge in [0.1, 0.15) is 17.6 Å². The van der Waals surface area contributed by atoms with E-state index in [4.69, 9.17) is 4.42 Å². The number of hydrogen-bond acceptors (Lipinski definition) is 4. The lowest BCUT2D eigenvalue weighted by Gasteiger charge is -2.35. The van der Waals surface area contributed by atoms with Gasteiger partial charge in [-0.05, 0) is 48.2 Å². The molecule has 1 amide bonds. The molecule has 1 N–H and O–H groups in total. The molecule has 0 saturated heterocycles. The maximum atomic E-state index is 13.5. The molecule has 0 bridgehead atoms. The number of furan rings is 1. The zero-order valence-corrected chi connectivity index (χ0v) is 20.4. The van der Waals surface area contributed by atoms with Crippen LogP contribution in [0.15, 0.2) is 80.8 Å². The molecule has 33 heavy (non-hydrogen) atoms. The number of amides is 1. The normalized spacial score (nSPS) is 19.5. The van der Waals surface area contributed by atoms with Gasteiger partial charge in [-0.1, -0.05) is 54.0 Å². The third-order valence-electron chi connectivity index (χ3n) is 6.27. The van der Waals surface area contributed by atoms with Gasteiger partial charge >= 0.3 is 0 Å². The number of nitrogens with one attached hydrogen (secondary N) is 1. The van der Waals surface area contributed by atoms with E-state index in [0.29, 0.717) is 29.9 Å². The molecule has 1 atom stereocenters. The lowest BCUT2D eigenvalue weighted by Crippen LogP contribution is -2.38. The van der Waals surface area contributed by atoms with E-state index >= 15 is 0 Å². The van der Waals surface area contributed by atoms with Crippen molar-refractivity contribution in [1.29, 1.82) is 0 Å². The minimum atomic E-state index is -0.638. The van der Waals surface area contributed by atoms with Gasteiger partial charge in [0.25, 0.3) is 0 Å². The third-order valence-corrected chi connectivity index (χ3v) is 6.79. The molecule has 1 aliphatic heterocycles. The Morgan fingerprint density at radius 3 is 2.52 bits per heavy atom. The number of ketones is 1. The van der Waals surface area contributed by atoms with E-state index in [-0.39, 0.29) is 17.1 Å². The fourth-order valence-corrected chi connectivity index (χ4v) is 5.14. The number of fused-ring (bicyclic) bond motifs is 1. The summed E-state index contributed by atoms with van der Waals surface area (Å²) in [5.41, 5.74) is 3.77. The molecule has 0 radical (unpaired) electrons. The largest absolute Gasteiger partial charge is 0.459 e. The van der Waals surface area contributed by atoms with Crippen LogP contribution >= 0.6 is 15.9 Å². The summed E-state index contributed by atoms with van der Waals surface area (Å²) in [6, 6.07) is 18.7. The Morgan fingerprint density at radius 1 is 1.06 bits per heavy atom. The number of carbonyl (C=O) groups is 2. The highest BCUT2D eigenvalue weighted by Crippen LogP contribution is 2.48. The number of hydrogen-bond donors (Lipinski definition) is 1. The maximum Gasteiger partial charge on any atom is 0.224 e. The van der Waals surface area contributed by atoms with E-state index in [9.17, 15) is 9.59 Å². The monoisotopic (exact) mass is 504 g/mol. The van der Waals surface area contributed by atoms with Crippen LogP contribution < -0.4 is 10.2 Å². The fraction of sp³-hybridized carbons (Fsp3) is 0.259. The summed E-state index contributed by atoms with van der Waals surface area (Å²) in [5, 5.41) is 3.49. The van der Waals surface area contributed by atoms with E-state index < -0.39 is 6.04 Å². The van der Waals surface area contributed by atoms with E-state index in [1.165, 1.54) is 6.92 Å². The van der Waals surface area contributed by atoms with E-state index in [1.54, 1.807) is 4.90 Å². The summed E-state index contributed by atoms with van der Waals surface area (Å²) in [7, 11) is 0. The van der Waals surface area contributed by atoms with Crippen molar-refractivity contribution in [3.63, 3.8) is 0 Å². The Hall–Kier alpha value is -3.12. The van der Waals surface area contributed by atoms with Gasteiger partial charge in [-0.2, -0.15) is 0 Å². The molecular weight excluding hydrogens is 480 g/mol. The molecule has 2 aromatic carbocycles. The second kappa shape index (κ2) is 8.03. The summed E-state index contributed by atoms with van der Waals surface area (Å²) in [6.45, 7) is 5.73. The summed E-state index contributed by atoms with van der Waals surface area (Å²) in [5.74, 6) is 1.15. The van der Waals surface area contributed by atoms with Crippen molar-refractivity contribution < 1.29 is 14.0 Å². The molecule has 0 fully saturated rings.